The number of aliphatic hydroxyl groups excluding tert-OH is 1. The van der Waals surface area contributed by atoms with Crippen LogP contribution in [-0.4, -0.2) is 24.4 Å². The van der Waals surface area contributed by atoms with Crippen LogP contribution >= 0.6 is 11.6 Å². The van der Waals surface area contributed by atoms with Crippen molar-refractivity contribution in [3.63, 3.8) is 0 Å². The zero-order valence-corrected chi connectivity index (χ0v) is 12.3. The maximum atomic E-state index is 9.82. The minimum Gasteiger partial charge on any atom is -0.489 e. The third-order valence-electron chi connectivity index (χ3n) is 2.88. The van der Waals surface area contributed by atoms with Crippen LogP contribution in [0.5, 0.6) is 5.75 Å². The fraction of sp³-hybridized carbons (Fsp3) is 0.250. The van der Waals surface area contributed by atoms with Crippen molar-refractivity contribution in [3.8, 4) is 5.75 Å². The number of aliphatic hydroxyl groups is 1. The Kier molecular flexibility index (Phi) is 5.87. The van der Waals surface area contributed by atoms with Gasteiger partial charge >= 0.3 is 0 Å². The van der Waals surface area contributed by atoms with Gasteiger partial charge in [-0.1, -0.05) is 41.9 Å². The van der Waals surface area contributed by atoms with Gasteiger partial charge in [0, 0.05) is 5.02 Å². The largest absolute Gasteiger partial charge is 0.489 e. The van der Waals surface area contributed by atoms with Crippen molar-refractivity contribution in [3.05, 3.63) is 59.1 Å². The molecule has 4 nitrogen and oxygen atoms in total. The van der Waals surface area contributed by atoms with Gasteiger partial charge in [-0.05, 0) is 23.8 Å². The van der Waals surface area contributed by atoms with Crippen molar-refractivity contribution < 1.29 is 14.6 Å². The molecule has 1 atom stereocenters. The molecular formula is C16H18ClNO3. The fourth-order valence-electron chi connectivity index (χ4n) is 1.77. The number of anilines is 1. The summed E-state index contributed by atoms with van der Waals surface area (Å²) >= 11 is 6.02. The van der Waals surface area contributed by atoms with E-state index in [1.807, 2.05) is 30.3 Å². The number of hydrogen-bond donors (Lipinski definition) is 2. The molecule has 0 aliphatic rings. The molecule has 112 valence electrons. The second kappa shape index (κ2) is 7.88. The first-order valence-electron chi connectivity index (χ1n) is 6.63. The zero-order chi connectivity index (χ0) is 15.1. The molecule has 0 aliphatic heterocycles. The summed E-state index contributed by atoms with van der Waals surface area (Å²) in [6.07, 6.45) is -0.730. The highest BCUT2D eigenvalue weighted by Gasteiger charge is 2.08. The van der Waals surface area contributed by atoms with Gasteiger partial charge in [0.2, 0.25) is 0 Å². The Bertz CT molecular complexity index is 577. The van der Waals surface area contributed by atoms with Crippen molar-refractivity contribution in [2.24, 2.45) is 0 Å². The van der Waals surface area contributed by atoms with E-state index >= 15 is 0 Å². The summed E-state index contributed by atoms with van der Waals surface area (Å²) in [5, 5.41) is 10.5. The van der Waals surface area contributed by atoms with Crippen LogP contribution in [-0.2, 0) is 11.3 Å². The van der Waals surface area contributed by atoms with Gasteiger partial charge in [0.25, 0.3) is 0 Å². The number of nitrogens with two attached hydrogens (primary N) is 1. The highest BCUT2D eigenvalue weighted by molar-refractivity contribution is 6.31. The molecular weight excluding hydrogens is 290 g/mol. The van der Waals surface area contributed by atoms with Gasteiger partial charge in [-0.3, -0.25) is 0 Å². The highest BCUT2D eigenvalue weighted by atomic mass is 35.5. The van der Waals surface area contributed by atoms with E-state index in [9.17, 15) is 5.11 Å². The van der Waals surface area contributed by atoms with Gasteiger partial charge in [0.1, 0.15) is 18.5 Å². The van der Waals surface area contributed by atoms with Crippen LogP contribution in [0.3, 0.4) is 0 Å². The molecule has 0 amide bonds. The first-order chi connectivity index (χ1) is 10.2. The van der Waals surface area contributed by atoms with Crippen LogP contribution in [0.15, 0.2) is 48.5 Å². The van der Waals surface area contributed by atoms with Crippen molar-refractivity contribution in [1.82, 2.24) is 0 Å². The lowest BCUT2D eigenvalue weighted by atomic mass is 10.2. The summed E-state index contributed by atoms with van der Waals surface area (Å²) in [6.45, 7) is 0.638. The highest BCUT2D eigenvalue weighted by Crippen LogP contribution is 2.20. The lowest BCUT2D eigenvalue weighted by Crippen LogP contribution is -2.23. The third-order valence-corrected chi connectivity index (χ3v) is 3.24. The van der Waals surface area contributed by atoms with Crippen molar-refractivity contribution in [2.75, 3.05) is 18.9 Å². The van der Waals surface area contributed by atoms with Gasteiger partial charge in [0.15, 0.2) is 0 Å². The number of nitrogen functional groups attached to an aromatic ring is 1. The molecule has 5 heteroatoms. The Morgan fingerprint density at radius 3 is 2.52 bits per heavy atom. The lowest BCUT2D eigenvalue weighted by Gasteiger charge is -2.14. The van der Waals surface area contributed by atoms with E-state index in [2.05, 4.69) is 0 Å². The molecule has 0 fully saturated rings. The molecule has 0 aliphatic carbocycles. The molecule has 0 radical (unpaired) electrons. The minimum atomic E-state index is -0.730. The summed E-state index contributed by atoms with van der Waals surface area (Å²) in [6, 6.07) is 14.6. The molecule has 21 heavy (non-hydrogen) atoms. The maximum absolute atomic E-state index is 9.82. The first kappa shape index (κ1) is 15.6. The van der Waals surface area contributed by atoms with Crippen LogP contribution in [0.4, 0.5) is 5.69 Å². The van der Waals surface area contributed by atoms with Crippen LogP contribution in [0.2, 0.25) is 5.02 Å². The normalized spacial score (nSPS) is 12.1. The second-order valence-corrected chi connectivity index (χ2v) is 5.02. The SMILES string of the molecule is Nc1ccccc1OCC(O)COCc1ccccc1Cl. The summed E-state index contributed by atoms with van der Waals surface area (Å²) in [5.41, 5.74) is 7.18. The molecule has 2 aromatic carbocycles. The monoisotopic (exact) mass is 307 g/mol. The van der Waals surface area contributed by atoms with Crippen LogP contribution < -0.4 is 10.5 Å². The first-order valence-corrected chi connectivity index (χ1v) is 7.01. The Morgan fingerprint density at radius 2 is 1.76 bits per heavy atom. The van der Waals surface area contributed by atoms with Crippen molar-refractivity contribution in [1.29, 1.82) is 0 Å². The quantitative estimate of drug-likeness (QED) is 0.772. The number of halogens is 1. The summed E-state index contributed by atoms with van der Waals surface area (Å²) in [5.74, 6) is 0.558. The number of benzene rings is 2. The third kappa shape index (κ3) is 4.93. The molecule has 2 rings (SSSR count). The van der Waals surface area contributed by atoms with Crippen molar-refractivity contribution >= 4 is 17.3 Å². The number of para-hydroxylation sites is 2. The summed E-state index contributed by atoms with van der Waals surface area (Å²) in [4.78, 5) is 0. The topological polar surface area (TPSA) is 64.7 Å². The average Bonchev–Trinajstić information content (AvgIpc) is 2.48. The summed E-state index contributed by atoms with van der Waals surface area (Å²) < 4.78 is 10.9. The molecule has 3 N–H and O–H groups in total. The Labute approximate surface area is 129 Å². The Balaban J connectivity index is 1.72. The molecule has 0 saturated carbocycles. The summed E-state index contributed by atoms with van der Waals surface area (Å²) in [7, 11) is 0. The number of ether oxygens (including phenoxy) is 2. The predicted octanol–water partition coefficient (Wildman–Crippen LogP) is 2.88. The van der Waals surface area contributed by atoms with E-state index < -0.39 is 6.10 Å². The minimum absolute atomic E-state index is 0.122. The maximum Gasteiger partial charge on any atom is 0.142 e. The van der Waals surface area contributed by atoms with E-state index in [4.69, 9.17) is 26.8 Å². The van der Waals surface area contributed by atoms with Crippen LogP contribution in [0.1, 0.15) is 5.56 Å². The van der Waals surface area contributed by atoms with Crippen LogP contribution in [0.25, 0.3) is 0 Å². The average molecular weight is 308 g/mol. The molecule has 0 aromatic heterocycles. The molecule has 0 heterocycles. The molecule has 0 spiro atoms. The standard InChI is InChI=1S/C16H18ClNO3/c17-14-6-2-1-5-12(14)9-20-10-13(19)11-21-16-8-4-3-7-15(16)18/h1-8,13,19H,9-11,18H2. The smallest absolute Gasteiger partial charge is 0.142 e. The molecule has 0 bridgehead atoms. The van der Waals surface area contributed by atoms with E-state index in [0.29, 0.717) is 23.1 Å². The molecule has 1 unspecified atom stereocenters. The van der Waals surface area contributed by atoms with E-state index in [1.165, 1.54) is 0 Å². The second-order valence-electron chi connectivity index (χ2n) is 4.61. The Morgan fingerprint density at radius 1 is 1.05 bits per heavy atom. The van der Waals surface area contributed by atoms with Crippen LogP contribution in [0, 0.1) is 0 Å². The van der Waals surface area contributed by atoms with E-state index in [-0.39, 0.29) is 13.2 Å². The van der Waals surface area contributed by atoms with Gasteiger partial charge in [-0.25, -0.2) is 0 Å². The lowest BCUT2D eigenvalue weighted by molar-refractivity contribution is 0.00565. The number of rotatable bonds is 7. The molecule has 2 aromatic rings. The molecule has 0 saturated heterocycles. The van der Waals surface area contributed by atoms with E-state index in [1.54, 1.807) is 18.2 Å². The fourth-order valence-corrected chi connectivity index (χ4v) is 1.96. The van der Waals surface area contributed by atoms with Gasteiger partial charge < -0.3 is 20.3 Å². The Hall–Kier alpha value is -1.75. The predicted molar refractivity (Wildman–Crippen MR) is 83.5 cm³/mol. The van der Waals surface area contributed by atoms with E-state index in [0.717, 1.165) is 5.56 Å². The van der Waals surface area contributed by atoms with Crippen molar-refractivity contribution in [2.45, 2.75) is 12.7 Å². The number of hydrogen-bond acceptors (Lipinski definition) is 4. The van der Waals surface area contributed by atoms with Gasteiger partial charge in [-0.2, -0.15) is 0 Å². The van der Waals surface area contributed by atoms with Gasteiger partial charge in [0.05, 0.1) is 18.9 Å². The zero-order valence-electron chi connectivity index (χ0n) is 11.5. The van der Waals surface area contributed by atoms with Gasteiger partial charge in [-0.15, -0.1) is 0 Å².